The van der Waals surface area contributed by atoms with E-state index in [1.807, 2.05) is 18.2 Å². The van der Waals surface area contributed by atoms with Crippen molar-refractivity contribution in [1.82, 2.24) is 19.9 Å². The number of rotatable bonds is 5. The summed E-state index contributed by atoms with van der Waals surface area (Å²) in [6.45, 7) is 2.75. The first-order valence-corrected chi connectivity index (χ1v) is 12.9. The first-order valence-electron chi connectivity index (χ1n) is 10.2. The topological polar surface area (TPSA) is 136 Å². The molecule has 1 fully saturated rings. The van der Waals surface area contributed by atoms with E-state index in [1.54, 1.807) is 35.9 Å². The molecule has 1 aliphatic rings. The van der Waals surface area contributed by atoms with Crippen LogP contribution in [0.15, 0.2) is 42.7 Å². The van der Waals surface area contributed by atoms with E-state index < -0.39 is 10.0 Å². The van der Waals surface area contributed by atoms with Crippen molar-refractivity contribution in [3.05, 3.63) is 42.7 Å². The summed E-state index contributed by atoms with van der Waals surface area (Å²) in [5.41, 5.74) is 8.61. The number of morpholine rings is 1. The van der Waals surface area contributed by atoms with E-state index in [4.69, 9.17) is 20.4 Å². The van der Waals surface area contributed by atoms with Crippen molar-refractivity contribution >= 4 is 49.0 Å². The van der Waals surface area contributed by atoms with Crippen LogP contribution in [0, 0.1) is 0 Å². The smallest absolute Gasteiger partial charge is 0.229 e. The zero-order valence-corrected chi connectivity index (χ0v) is 19.4. The lowest BCUT2D eigenvalue weighted by Gasteiger charge is -2.28. The third-order valence-electron chi connectivity index (χ3n) is 5.07. The molecule has 10 nitrogen and oxygen atoms in total. The second-order valence-electron chi connectivity index (χ2n) is 7.58. The lowest BCUT2D eigenvalue weighted by molar-refractivity contribution is 0.122. The van der Waals surface area contributed by atoms with Crippen molar-refractivity contribution in [3.63, 3.8) is 0 Å². The lowest BCUT2D eigenvalue weighted by atomic mass is 10.2. The quantitative estimate of drug-likeness (QED) is 0.439. The highest BCUT2D eigenvalue weighted by atomic mass is 32.2. The van der Waals surface area contributed by atoms with Gasteiger partial charge in [-0.2, -0.15) is 0 Å². The van der Waals surface area contributed by atoms with Gasteiger partial charge in [-0.05, 0) is 23.8 Å². The zero-order chi connectivity index (χ0) is 23.0. The summed E-state index contributed by atoms with van der Waals surface area (Å²) < 4.78 is 31.9. The largest absolute Gasteiger partial charge is 0.378 e. The highest BCUT2D eigenvalue weighted by Gasteiger charge is 2.21. The molecule has 0 amide bonds. The van der Waals surface area contributed by atoms with Gasteiger partial charge in [0.15, 0.2) is 11.6 Å². The van der Waals surface area contributed by atoms with Crippen molar-refractivity contribution in [2.75, 3.05) is 47.9 Å². The van der Waals surface area contributed by atoms with Crippen LogP contribution >= 0.6 is 11.3 Å². The van der Waals surface area contributed by atoms with E-state index in [0.29, 0.717) is 30.3 Å². The zero-order valence-electron chi connectivity index (χ0n) is 17.7. The summed E-state index contributed by atoms with van der Waals surface area (Å²) in [6, 6.07) is 9.27. The SMILES string of the molecule is CS(=O)(=O)Nc1ccc(-c2cc3nc(-c4cnc(N)nc4)nc(N4CCOCC4)c3s2)cc1. The predicted octanol–water partition coefficient (Wildman–Crippen LogP) is 2.61. The maximum Gasteiger partial charge on any atom is 0.229 e. The number of benzene rings is 1. The van der Waals surface area contributed by atoms with Gasteiger partial charge in [0.25, 0.3) is 0 Å². The number of nitrogens with one attached hydrogen (secondary N) is 1. The van der Waals surface area contributed by atoms with Gasteiger partial charge in [-0.25, -0.2) is 28.4 Å². The summed E-state index contributed by atoms with van der Waals surface area (Å²) in [7, 11) is -3.33. The molecule has 3 aromatic heterocycles. The van der Waals surface area contributed by atoms with Crippen molar-refractivity contribution in [2.45, 2.75) is 0 Å². The van der Waals surface area contributed by atoms with Crippen molar-refractivity contribution in [1.29, 1.82) is 0 Å². The Morgan fingerprint density at radius 3 is 2.42 bits per heavy atom. The molecular formula is C21H21N7O3S2. The third-order valence-corrected chi connectivity index (χ3v) is 6.84. The summed E-state index contributed by atoms with van der Waals surface area (Å²) in [4.78, 5) is 21.0. The van der Waals surface area contributed by atoms with Gasteiger partial charge >= 0.3 is 0 Å². The van der Waals surface area contributed by atoms with Crippen LogP contribution in [0.3, 0.4) is 0 Å². The summed E-state index contributed by atoms with van der Waals surface area (Å²) in [5.74, 6) is 1.57. The maximum atomic E-state index is 11.5. The van der Waals surface area contributed by atoms with E-state index in [2.05, 4.69) is 19.6 Å². The molecule has 5 rings (SSSR count). The van der Waals surface area contributed by atoms with Crippen molar-refractivity contribution in [2.24, 2.45) is 0 Å². The first kappa shape index (κ1) is 21.5. The van der Waals surface area contributed by atoms with Crippen LogP contribution in [0.25, 0.3) is 32.0 Å². The van der Waals surface area contributed by atoms with Crippen LogP contribution in [0.2, 0.25) is 0 Å². The average Bonchev–Trinajstić information content (AvgIpc) is 3.23. The highest BCUT2D eigenvalue weighted by molar-refractivity contribution is 7.92. The van der Waals surface area contributed by atoms with E-state index >= 15 is 0 Å². The van der Waals surface area contributed by atoms with Crippen molar-refractivity contribution < 1.29 is 13.2 Å². The molecule has 0 bridgehead atoms. The lowest BCUT2D eigenvalue weighted by Crippen LogP contribution is -2.36. The summed E-state index contributed by atoms with van der Waals surface area (Å²) >= 11 is 1.60. The number of thiophene rings is 1. The molecule has 170 valence electrons. The van der Waals surface area contributed by atoms with Crippen molar-refractivity contribution in [3.8, 4) is 21.8 Å². The van der Waals surface area contributed by atoms with Crippen LogP contribution in [0.1, 0.15) is 0 Å². The van der Waals surface area contributed by atoms with Gasteiger partial charge in [0, 0.05) is 36.0 Å². The van der Waals surface area contributed by atoms with E-state index in [0.717, 1.165) is 45.8 Å². The molecule has 1 saturated heterocycles. The molecule has 0 aliphatic carbocycles. The van der Waals surface area contributed by atoms with E-state index in [1.165, 1.54) is 0 Å². The minimum atomic E-state index is -3.33. The molecule has 1 aliphatic heterocycles. The van der Waals surface area contributed by atoms with Crippen LogP contribution in [0.5, 0.6) is 0 Å². The third kappa shape index (κ3) is 4.72. The average molecular weight is 484 g/mol. The van der Waals surface area contributed by atoms with Gasteiger partial charge < -0.3 is 15.4 Å². The molecule has 0 unspecified atom stereocenters. The number of sulfonamides is 1. The fraction of sp³-hybridized carbons (Fsp3) is 0.238. The Labute approximate surface area is 194 Å². The molecule has 4 aromatic rings. The number of nitrogens with two attached hydrogens (primary N) is 1. The standard InChI is InChI=1S/C21H21N7O3S2/c1-33(29,30)27-15-4-2-13(3-5-15)17-10-16-18(32-17)20(28-6-8-31-9-7-28)26-19(25-16)14-11-23-21(22)24-12-14/h2-5,10-12,27H,6-9H2,1H3,(H2,22,23,24). The Morgan fingerprint density at radius 1 is 1.06 bits per heavy atom. The second kappa shape index (κ2) is 8.54. The molecule has 4 heterocycles. The number of hydrogen-bond acceptors (Lipinski definition) is 10. The summed E-state index contributed by atoms with van der Waals surface area (Å²) in [5, 5.41) is 0. The number of fused-ring (bicyclic) bond motifs is 1. The fourth-order valence-electron chi connectivity index (χ4n) is 3.55. The Balaban J connectivity index is 1.58. The number of nitrogens with zero attached hydrogens (tertiary/aromatic N) is 5. The van der Waals surface area contributed by atoms with Crippen LogP contribution in [-0.2, 0) is 14.8 Å². The molecule has 33 heavy (non-hydrogen) atoms. The van der Waals surface area contributed by atoms with Gasteiger partial charge in [-0.1, -0.05) is 12.1 Å². The minimum Gasteiger partial charge on any atom is -0.378 e. The molecular weight excluding hydrogens is 462 g/mol. The van der Waals surface area contributed by atoms with Gasteiger partial charge in [-0.15, -0.1) is 11.3 Å². The molecule has 0 radical (unpaired) electrons. The molecule has 12 heteroatoms. The Bertz CT molecular complexity index is 1400. The fourth-order valence-corrected chi connectivity index (χ4v) is 5.23. The predicted molar refractivity (Wildman–Crippen MR) is 130 cm³/mol. The Hall–Kier alpha value is -3.35. The van der Waals surface area contributed by atoms with Crippen LogP contribution in [0.4, 0.5) is 17.5 Å². The number of ether oxygens (including phenoxy) is 1. The molecule has 0 spiro atoms. The highest BCUT2D eigenvalue weighted by Crippen LogP contribution is 2.39. The molecule has 0 saturated carbocycles. The molecule has 0 atom stereocenters. The normalized spacial score (nSPS) is 14.5. The van der Waals surface area contributed by atoms with Gasteiger partial charge in [0.05, 0.1) is 35.2 Å². The number of anilines is 3. The molecule has 3 N–H and O–H groups in total. The number of nitrogen functional groups attached to an aromatic ring is 1. The Morgan fingerprint density at radius 2 is 1.76 bits per heavy atom. The second-order valence-corrected chi connectivity index (χ2v) is 10.4. The number of hydrogen-bond donors (Lipinski definition) is 2. The van der Waals surface area contributed by atoms with Crippen LogP contribution < -0.4 is 15.4 Å². The van der Waals surface area contributed by atoms with E-state index in [9.17, 15) is 8.42 Å². The minimum absolute atomic E-state index is 0.194. The van der Waals surface area contributed by atoms with E-state index in [-0.39, 0.29) is 5.95 Å². The van der Waals surface area contributed by atoms with Crippen LogP contribution in [-0.4, -0.2) is 60.9 Å². The Kier molecular flexibility index (Phi) is 5.56. The first-order chi connectivity index (χ1) is 15.9. The van der Waals surface area contributed by atoms with Gasteiger partial charge in [0.2, 0.25) is 16.0 Å². The maximum absolute atomic E-state index is 11.5. The number of aromatic nitrogens is 4. The summed E-state index contributed by atoms with van der Waals surface area (Å²) in [6.07, 6.45) is 4.36. The molecule has 1 aromatic carbocycles. The van der Waals surface area contributed by atoms with Gasteiger partial charge in [-0.3, -0.25) is 4.72 Å². The van der Waals surface area contributed by atoms with Gasteiger partial charge in [0.1, 0.15) is 0 Å². The monoisotopic (exact) mass is 483 g/mol.